The van der Waals surface area contributed by atoms with Crippen LogP contribution >= 0.6 is 0 Å². The number of carbonyl (C=O) groups excluding carboxylic acids is 1. The number of ketones is 1. The van der Waals surface area contributed by atoms with Crippen LogP contribution in [0, 0.1) is 0 Å². The van der Waals surface area contributed by atoms with E-state index >= 15 is 0 Å². The fourth-order valence-corrected chi connectivity index (χ4v) is 0.915. The van der Waals surface area contributed by atoms with Crippen LogP contribution in [0.4, 0.5) is 8.78 Å². The lowest BCUT2D eigenvalue weighted by molar-refractivity contribution is -0.113. The van der Waals surface area contributed by atoms with Crippen LogP contribution in [-0.4, -0.2) is 11.7 Å². The number of hydrogen-bond donors (Lipinski definition) is 0. The van der Waals surface area contributed by atoms with Gasteiger partial charge in [0.25, 0.3) is 5.92 Å². The van der Waals surface area contributed by atoms with Gasteiger partial charge in [-0.15, -0.1) is 0 Å². The first-order valence-corrected chi connectivity index (χ1v) is 4.60. The van der Waals surface area contributed by atoms with E-state index in [2.05, 4.69) is 6.58 Å². The van der Waals surface area contributed by atoms with Crippen LogP contribution in [0.5, 0.6) is 0 Å². The zero-order chi connectivity index (χ0) is 12.2. The molecular formula is C12H16F2O. The molecule has 84 valence electrons. The fraction of sp³-hybridized carbons (Fsp3) is 0.417. The molecule has 0 saturated carbocycles. The van der Waals surface area contributed by atoms with Gasteiger partial charge in [-0.3, -0.25) is 4.79 Å². The predicted octanol–water partition coefficient (Wildman–Crippen LogP) is 3.68. The van der Waals surface area contributed by atoms with Gasteiger partial charge in [0.15, 0.2) is 5.78 Å². The highest BCUT2D eigenvalue weighted by molar-refractivity contribution is 5.97. The standard InChI is InChI=1S/C12H16F2O/c1-8(2)11(10(4)15)7-6-9(3)12(5,13)14/h6-7H,1H2,2-5H3/b9-6+,11-7+. The number of carbonyl (C=O) groups is 1. The van der Waals surface area contributed by atoms with E-state index in [0.29, 0.717) is 11.1 Å². The summed E-state index contributed by atoms with van der Waals surface area (Å²) in [6.45, 7) is 8.81. The highest BCUT2D eigenvalue weighted by Crippen LogP contribution is 2.22. The van der Waals surface area contributed by atoms with Crippen molar-refractivity contribution in [2.45, 2.75) is 33.6 Å². The van der Waals surface area contributed by atoms with E-state index in [9.17, 15) is 13.6 Å². The smallest absolute Gasteiger partial charge is 0.266 e. The van der Waals surface area contributed by atoms with E-state index in [1.165, 1.54) is 26.0 Å². The van der Waals surface area contributed by atoms with Crippen molar-refractivity contribution in [3.63, 3.8) is 0 Å². The van der Waals surface area contributed by atoms with Gasteiger partial charge in [-0.1, -0.05) is 18.7 Å². The maximum absolute atomic E-state index is 12.8. The van der Waals surface area contributed by atoms with Crippen molar-refractivity contribution in [1.29, 1.82) is 0 Å². The quantitative estimate of drug-likeness (QED) is 0.515. The lowest BCUT2D eigenvalue weighted by Crippen LogP contribution is -2.10. The Morgan fingerprint density at radius 3 is 1.93 bits per heavy atom. The average Bonchev–Trinajstić information content (AvgIpc) is 2.00. The molecule has 0 fully saturated rings. The molecule has 0 aliphatic carbocycles. The van der Waals surface area contributed by atoms with E-state index < -0.39 is 5.92 Å². The lowest BCUT2D eigenvalue weighted by atomic mass is 10.0. The Labute approximate surface area is 89.2 Å². The van der Waals surface area contributed by atoms with Crippen molar-refractivity contribution in [3.05, 3.63) is 35.5 Å². The second-order valence-corrected chi connectivity index (χ2v) is 3.65. The van der Waals surface area contributed by atoms with Crippen LogP contribution in [0.15, 0.2) is 35.5 Å². The van der Waals surface area contributed by atoms with Crippen LogP contribution < -0.4 is 0 Å². The topological polar surface area (TPSA) is 17.1 Å². The van der Waals surface area contributed by atoms with Crippen molar-refractivity contribution in [3.8, 4) is 0 Å². The molecule has 1 nitrogen and oxygen atoms in total. The molecule has 0 aromatic heterocycles. The van der Waals surface area contributed by atoms with Crippen LogP contribution in [0.2, 0.25) is 0 Å². The molecule has 0 rings (SSSR count). The normalized spacial score (nSPS) is 14.0. The van der Waals surface area contributed by atoms with Gasteiger partial charge in [0.1, 0.15) is 0 Å². The van der Waals surface area contributed by atoms with Gasteiger partial charge >= 0.3 is 0 Å². The fourth-order valence-electron chi connectivity index (χ4n) is 0.915. The summed E-state index contributed by atoms with van der Waals surface area (Å²) in [6.07, 6.45) is 2.64. The van der Waals surface area contributed by atoms with Crippen LogP contribution in [-0.2, 0) is 4.79 Å². The van der Waals surface area contributed by atoms with Gasteiger partial charge in [-0.25, -0.2) is 8.78 Å². The molecule has 0 atom stereocenters. The second-order valence-electron chi connectivity index (χ2n) is 3.65. The molecule has 0 aliphatic rings. The van der Waals surface area contributed by atoms with Gasteiger partial charge in [0, 0.05) is 12.5 Å². The molecular weight excluding hydrogens is 198 g/mol. The minimum atomic E-state index is -2.85. The number of allylic oxidation sites excluding steroid dienone is 5. The molecule has 15 heavy (non-hydrogen) atoms. The van der Waals surface area contributed by atoms with Crippen LogP contribution in [0.3, 0.4) is 0 Å². The van der Waals surface area contributed by atoms with E-state index in [1.807, 2.05) is 0 Å². The number of Topliss-reactive ketones (excluding diaryl/α,β-unsaturated/α-hetero) is 1. The highest BCUT2D eigenvalue weighted by Gasteiger charge is 2.22. The molecule has 0 saturated heterocycles. The predicted molar refractivity (Wildman–Crippen MR) is 58.0 cm³/mol. The maximum Gasteiger partial charge on any atom is 0.266 e. The third-order valence-corrected chi connectivity index (χ3v) is 2.03. The Bertz CT molecular complexity index is 314. The average molecular weight is 214 g/mol. The molecule has 0 bridgehead atoms. The molecule has 0 amide bonds. The Morgan fingerprint density at radius 2 is 1.67 bits per heavy atom. The highest BCUT2D eigenvalue weighted by atomic mass is 19.3. The Hall–Kier alpha value is -1.25. The maximum atomic E-state index is 12.8. The number of halogens is 2. The molecule has 0 N–H and O–H groups in total. The summed E-state index contributed by atoms with van der Waals surface area (Å²) in [5, 5.41) is 0. The monoisotopic (exact) mass is 214 g/mol. The summed E-state index contributed by atoms with van der Waals surface area (Å²) in [4.78, 5) is 11.1. The zero-order valence-electron chi connectivity index (χ0n) is 9.53. The van der Waals surface area contributed by atoms with E-state index in [1.54, 1.807) is 6.92 Å². The molecule has 0 heterocycles. The Morgan fingerprint density at radius 1 is 1.20 bits per heavy atom. The third-order valence-electron chi connectivity index (χ3n) is 2.03. The Balaban J connectivity index is 5.05. The van der Waals surface area contributed by atoms with Gasteiger partial charge in [0.05, 0.1) is 0 Å². The third kappa shape index (κ3) is 4.68. The number of rotatable bonds is 4. The van der Waals surface area contributed by atoms with Crippen molar-refractivity contribution < 1.29 is 13.6 Å². The molecule has 0 aromatic rings. The number of hydrogen-bond acceptors (Lipinski definition) is 1. The van der Waals surface area contributed by atoms with Gasteiger partial charge in [-0.2, -0.15) is 0 Å². The van der Waals surface area contributed by atoms with Gasteiger partial charge in [0.2, 0.25) is 0 Å². The summed E-state index contributed by atoms with van der Waals surface area (Å²) in [5.41, 5.74) is 0.868. The molecule has 0 spiro atoms. The molecule has 0 aromatic carbocycles. The lowest BCUT2D eigenvalue weighted by Gasteiger charge is -2.09. The first kappa shape index (κ1) is 13.8. The van der Waals surface area contributed by atoms with Crippen LogP contribution in [0.25, 0.3) is 0 Å². The minimum absolute atomic E-state index is 0.0810. The molecule has 0 unspecified atom stereocenters. The summed E-state index contributed by atoms with van der Waals surface area (Å²) < 4.78 is 25.5. The van der Waals surface area contributed by atoms with E-state index in [-0.39, 0.29) is 11.4 Å². The summed E-state index contributed by atoms with van der Waals surface area (Å²) in [6, 6.07) is 0. The van der Waals surface area contributed by atoms with E-state index in [4.69, 9.17) is 0 Å². The van der Waals surface area contributed by atoms with Gasteiger partial charge in [-0.05, 0) is 31.9 Å². The molecule has 0 aliphatic heterocycles. The van der Waals surface area contributed by atoms with Crippen molar-refractivity contribution in [2.75, 3.05) is 0 Å². The van der Waals surface area contributed by atoms with Crippen LogP contribution in [0.1, 0.15) is 27.7 Å². The SMILES string of the molecule is C=C(C)/C(=C\C=C(/C)C(C)(F)F)C(C)=O. The summed E-state index contributed by atoms with van der Waals surface area (Å²) in [5.74, 6) is -3.03. The summed E-state index contributed by atoms with van der Waals surface area (Å²) >= 11 is 0. The number of alkyl halides is 2. The van der Waals surface area contributed by atoms with Gasteiger partial charge < -0.3 is 0 Å². The molecule has 0 radical (unpaired) electrons. The first-order valence-electron chi connectivity index (χ1n) is 4.60. The van der Waals surface area contributed by atoms with Crippen molar-refractivity contribution >= 4 is 5.78 Å². The summed E-state index contributed by atoms with van der Waals surface area (Å²) in [7, 11) is 0. The minimum Gasteiger partial charge on any atom is -0.295 e. The van der Waals surface area contributed by atoms with E-state index in [0.717, 1.165) is 6.92 Å². The molecule has 3 heteroatoms. The first-order chi connectivity index (χ1) is 6.66. The second kappa shape index (κ2) is 5.01. The zero-order valence-corrected chi connectivity index (χ0v) is 9.53. The Kier molecular flexibility index (Phi) is 4.59. The van der Waals surface area contributed by atoms with Crippen molar-refractivity contribution in [1.82, 2.24) is 0 Å². The largest absolute Gasteiger partial charge is 0.295 e. The van der Waals surface area contributed by atoms with Crippen molar-refractivity contribution in [2.24, 2.45) is 0 Å².